The van der Waals surface area contributed by atoms with E-state index in [1.165, 1.54) is 0 Å². The highest BCUT2D eigenvalue weighted by Crippen LogP contribution is 2.28. The second kappa shape index (κ2) is 11.4. The Bertz CT molecular complexity index is 1150. The zero-order chi connectivity index (χ0) is 26.8. The van der Waals surface area contributed by atoms with E-state index in [0.29, 0.717) is 68.4 Å². The number of benzene rings is 1. The average Bonchev–Trinajstić information content (AvgIpc) is 3.48. The lowest BCUT2D eigenvalue weighted by Crippen LogP contribution is -2.50. The van der Waals surface area contributed by atoms with Crippen LogP contribution in [0.15, 0.2) is 28.8 Å². The first-order valence-corrected chi connectivity index (χ1v) is 13.6. The molecule has 3 aliphatic heterocycles. The molecule has 2 aromatic rings. The van der Waals surface area contributed by atoms with Gasteiger partial charge in [0.25, 0.3) is 5.91 Å². The number of carbonyl (C=O) groups excluding carboxylic acids is 2. The SMILES string of the molecule is Cc1cc(CN2C[C@@H]3C[C@H]2C(=O)NC[C@H]2O[C@H](CCOc4cc(C(C)C)ccc4C(=O)N3)CC[C@@H]2O)no1. The van der Waals surface area contributed by atoms with Crippen molar-refractivity contribution in [3.05, 3.63) is 46.8 Å². The summed E-state index contributed by atoms with van der Waals surface area (Å²) < 4.78 is 17.5. The van der Waals surface area contributed by atoms with Crippen molar-refractivity contribution in [3.63, 3.8) is 0 Å². The molecule has 5 atom stereocenters. The van der Waals surface area contributed by atoms with Crippen LogP contribution in [0.4, 0.5) is 0 Å². The summed E-state index contributed by atoms with van der Waals surface area (Å²) in [6, 6.07) is 6.87. The summed E-state index contributed by atoms with van der Waals surface area (Å²) in [5, 5.41) is 20.7. The van der Waals surface area contributed by atoms with Gasteiger partial charge in [0.1, 0.15) is 17.6 Å². The van der Waals surface area contributed by atoms with E-state index in [1.54, 1.807) is 0 Å². The number of aliphatic hydroxyl groups excluding tert-OH is 1. The smallest absolute Gasteiger partial charge is 0.255 e. The molecule has 0 spiro atoms. The second-order valence-electron chi connectivity index (χ2n) is 11.0. The molecule has 5 rings (SSSR count). The number of aliphatic hydroxyl groups is 1. The Labute approximate surface area is 223 Å². The second-order valence-corrected chi connectivity index (χ2v) is 11.0. The number of likely N-dealkylation sites (tertiary alicyclic amines) is 1. The van der Waals surface area contributed by atoms with Crippen LogP contribution in [0.2, 0.25) is 0 Å². The van der Waals surface area contributed by atoms with E-state index in [0.717, 1.165) is 11.3 Å². The summed E-state index contributed by atoms with van der Waals surface area (Å²) in [5.74, 6) is 1.17. The minimum atomic E-state index is -0.634. The van der Waals surface area contributed by atoms with Gasteiger partial charge in [-0.1, -0.05) is 25.1 Å². The minimum absolute atomic E-state index is 0.0958. The minimum Gasteiger partial charge on any atom is -0.493 e. The lowest BCUT2D eigenvalue weighted by Gasteiger charge is -2.34. The Morgan fingerprint density at radius 3 is 2.79 bits per heavy atom. The molecule has 38 heavy (non-hydrogen) atoms. The Balaban J connectivity index is 1.42. The van der Waals surface area contributed by atoms with E-state index in [-0.39, 0.29) is 30.5 Å². The highest BCUT2D eigenvalue weighted by molar-refractivity contribution is 5.97. The van der Waals surface area contributed by atoms with Crippen LogP contribution in [0.3, 0.4) is 0 Å². The molecule has 1 aromatic carbocycles. The number of ether oxygens (including phenoxy) is 2. The first-order chi connectivity index (χ1) is 18.3. The third-order valence-corrected chi connectivity index (χ3v) is 7.76. The van der Waals surface area contributed by atoms with Gasteiger partial charge in [0.05, 0.1) is 36.1 Å². The Morgan fingerprint density at radius 2 is 2.03 bits per heavy atom. The number of nitrogens with zero attached hydrogens (tertiary/aromatic N) is 2. The number of carbonyl (C=O) groups is 2. The van der Waals surface area contributed by atoms with Crippen molar-refractivity contribution in [2.45, 2.75) is 89.3 Å². The topological polar surface area (TPSA) is 126 Å². The lowest BCUT2D eigenvalue weighted by atomic mass is 9.99. The fraction of sp³-hybridized carbons (Fsp3) is 0.607. The lowest BCUT2D eigenvalue weighted by molar-refractivity contribution is -0.133. The van der Waals surface area contributed by atoms with Crippen molar-refractivity contribution in [2.75, 3.05) is 19.7 Å². The molecule has 0 radical (unpaired) electrons. The summed E-state index contributed by atoms with van der Waals surface area (Å²) in [5.41, 5.74) is 2.30. The maximum Gasteiger partial charge on any atom is 0.255 e. The highest BCUT2D eigenvalue weighted by Gasteiger charge is 2.39. The molecular formula is C28H38N4O6. The van der Waals surface area contributed by atoms with Gasteiger partial charge in [-0.2, -0.15) is 0 Å². The molecule has 2 amide bonds. The van der Waals surface area contributed by atoms with Crippen molar-refractivity contribution in [1.29, 1.82) is 0 Å². The van der Waals surface area contributed by atoms with Gasteiger partial charge in [0.15, 0.2) is 0 Å². The van der Waals surface area contributed by atoms with Crippen molar-refractivity contribution < 1.29 is 28.7 Å². The van der Waals surface area contributed by atoms with Gasteiger partial charge >= 0.3 is 0 Å². The quantitative estimate of drug-likeness (QED) is 0.556. The van der Waals surface area contributed by atoms with E-state index in [1.807, 2.05) is 36.1 Å². The Kier molecular flexibility index (Phi) is 8.01. The van der Waals surface area contributed by atoms with Gasteiger partial charge in [-0.25, -0.2) is 0 Å². The molecule has 10 heteroatoms. The molecule has 206 valence electrons. The fourth-order valence-electron chi connectivity index (χ4n) is 5.59. The standard InChI is InChI=1S/C28H38N4O6/c1-16(2)18-4-6-22-25(11-18)36-9-8-21-5-7-24(33)26(37-21)13-29-28(35)23-12-19(30-27(22)34)14-32(23)15-20-10-17(3)38-31-20/h4,6,10-11,16,19,21,23-24,26,33H,5,7-9,12-15H2,1-3H3,(H,29,35)(H,30,34)/t19-,21-,23-,24-,26+/m0/s1. The number of aromatic nitrogens is 1. The number of aryl methyl sites for hydroxylation is 1. The molecule has 0 unspecified atom stereocenters. The van der Waals surface area contributed by atoms with Crippen LogP contribution in [-0.4, -0.2) is 77.1 Å². The fourth-order valence-corrected chi connectivity index (χ4v) is 5.59. The van der Waals surface area contributed by atoms with E-state index in [9.17, 15) is 14.7 Å². The van der Waals surface area contributed by atoms with E-state index < -0.39 is 18.2 Å². The molecule has 0 saturated carbocycles. The van der Waals surface area contributed by atoms with Crippen LogP contribution < -0.4 is 15.4 Å². The summed E-state index contributed by atoms with van der Waals surface area (Å²) in [7, 11) is 0. The van der Waals surface area contributed by atoms with Crippen LogP contribution in [0.5, 0.6) is 5.75 Å². The largest absolute Gasteiger partial charge is 0.493 e. The van der Waals surface area contributed by atoms with Crippen molar-refractivity contribution >= 4 is 11.8 Å². The average molecular weight is 527 g/mol. The predicted molar refractivity (Wildman–Crippen MR) is 139 cm³/mol. The summed E-state index contributed by atoms with van der Waals surface area (Å²) in [6.45, 7) is 7.55. The first-order valence-electron chi connectivity index (χ1n) is 13.6. The van der Waals surface area contributed by atoms with E-state index in [4.69, 9.17) is 14.0 Å². The van der Waals surface area contributed by atoms with Crippen molar-refractivity contribution in [3.8, 4) is 5.75 Å². The normalized spacial score (nSPS) is 28.9. The maximum absolute atomic E-state index is 13.4. The summed E-state index contributed by atoms with van der Waals surface area (Å²) >= 11 is 0. The van der Waals surface area contributed by atoms with Crippen LogP contribution in [-0.2, 0) is 16.1 Å². The molecule has 3 aliphatic rings. The molecule has 4 heterocycles. The number of nitrogens with one attached hydrogen (secondary N) is 2. The van der Waals surface area contributed by atoms with Gasteiger partial charge in [-0.3, -0.25) is 14.5 Å². The van der Waals surface area contributed by atoms with Crippen LogP contribution in [0, 0.1) is 6.92 Å². The van der Waals surface area contributed by atoms with E-state index >= 15 is 0 Å². The molecule has 0 aliphatic carbocycles. The molecule has 4 bridgehead atoms. The predicted octanol–water partition coefficient (Wildman–Crippen LogP) is 2.29. The van der Waals surface area contributed by atoms with Gasteiger partial charge < -0.3 is 29.7 Å². The van der Waals surface area contributed by atoms with Gasteiger partial charge in [0.2, 0.25) is 5.91 Å². The summed E-state index contributed by atoms with van der Waals surface area (Å²) in [6.07, 6.45) is 1.18. The van der Waals surface area contributed by atoms with Gasteiger partial charge in [-0.05, 0) is 49.8 Å². The first kappa shape index (κ1) is 26.6. The van der Waals surface area contributed by atoms with Crippen LogP contribution >= 0.6 is 0 Å². The third kappa shape index (κ3) is 6.03. The molecule has 1 aromatic heterocycles. The maximum atomic E-state index is 13.4. The molecular weight excluding hydrogens is 488 g/mol. The summed E-state index contributed by atoms with van der Waals surface area (Å²) in [4.78, 5) is 28.8. The number of hydrogen-bond donors (Lipinski definition) is 3. The number of rotatable bonds is 3. The molecule has 3 N–H and O–H groups in total. The number of hydrogen-bond acceptors (Lipinski definition) is 8. The van der Waals surface area contributed by atoms with E-state index in [2.05, 4.69) is 29.6 Å². The van der Waals surface area contributed by atoms with Gasteiger partial charge in [-0.15, -0.1) is 0 Å². The van der Waals surface area contributed by atoms with Crippen molar-refractivity contribution in [2.24, 2.45) is 0 Å². The Morgan fingerprint density at radius 1 is 1.18 bits per heavy atom. The molecule has 10 nitrogen and oxygen atoms in total. The number of fused-ring (bicyclic) bond motifs is 5. The zero-order valence-corrected chi connectivity index (χ0v) is 22.3. The highest BCUT2D eigenvalue weighted by atomic mass is 16.5. The molecule has 2 fully saturated rings. The third-order valence-electron chi connectivity index (χ3n) is 7.76. The zero-order valence-electron chi connectivity index (χ0n) is 22.3. The van der Waals surface area contributed by atoms with Crippen LogP contribution in [0.25, 0.3) is 0 Å². The Hall–Kier alpha value is -2.95. The van der Waals surface area contributed by atoms with Gasteiger partial charge in [0, 0.05) is 38.2 Å². The molecule has 2 saturated heterocycles. The van der Waals surface area contributed by atoms with Crippen molar-refractivity contribution in [1.82, 2.24) is 20.7 Å². The van der Waals surface area contributed by atoms with Crippen LogP contribution in [0.1, 0.15) is 72.8 Å². The number of amides is 2. The monoisotopic (exact) mass is 526 g/mol.